The quantitative estimate of drug-likeness (QED) is 0.794. The summed E-state index contributed by atoms with van der Waals surface area (Å²) in [6.45, 7) is 6.52. The van der Waals surface area contributed by atoms with Gasteiger partial charge in [-0.2, -0.15) is 0 Å². The lowest BCUT2D eigenvalue weighted by Gasteiger charge is -2.52. The number of amides is 2. The van der Waals surface area contributed by atoms with Crippen molar-refractivity contribution in [3.8, 4) is 0 Å². The maximum atomic E-state index is 12.6. The normalized spacial score (nSPS) is 28.8. The largest absolute Gasteiger partial charge is 0.444 e. The molecule has 0 unspecified atom stereocenters. The number of benzene rings is 1. The van der Waals surface area contributed by atoms with Gasteiger partial charge in [-0.1, -0.05) is 44.2 Å². The van der Waals surface area contributed by atoms with Gasteiger partial charge >= 0.3 is 6.09 Å². The number of methoxy groups -OCH3 is 1. The molecule has 2 heterocycles. The minimum atomic E-state index is -0.991. The topological polar surface area (TPSA) is 59.1 Å². The predicted octanol–water partition coefficient (Wildman–Crippen LogP) is 2.24. The van der Waals surface area contributed by atoms with Crippen LogP contribution in [-0.4, -0.2) is 53.3 Å². The Morgan fingerprint density at radius 3 is 2.58 bits per heavy atom. The molecule has 6 heteroatoms. The number of carbonyl (C=O) groups is 2. The van der Waals surface area contributed by atoms with Crippen LogP contribution in [0.2, 0.25) is 0 Å². The molecule has 0 spiro atoms. The fraction of sp³-hybridized carbons (Fsp3) is 0.556. The number of hydrogen-bond acceptors (Lipinski definition) is 4. The fourth-order valence-electron chi connectivity index (χ4n) is 3.55. The van der Waals surface area contributed by atoms with Crippen LogP contribution in [0.5, 0.6) is 0 Å². The Balaban J connectivity index is 1.74. The zero-order valence-electron chi connectivity index (χ0n) is 14.6. The standard InChI is InChI=1S/C18H24N2O4/c1-12(2)14-10-19(15-18(3,23-4)16(21)20(14)15)17(22)24-11-13-8-6-5-7-9-13/h5-9,12,14-15H,10-11H2,1-4H3/t14-,15+,18-/m1/s1. The molecule has 0 aliphatic carbocycles. The van der Waals surface area contributed by atoms with E-state index in [-0.39, 0.29) is 24.5 Å². The molecule has 2 aliphatic heterocycles. The zero-order valence-corrected chi connectivity index (χ0v) is 14.6. The summed E-state index contributed by atoms with van der Waals surface area (Å²) in [5.41, 5.74) is -0.0587. The molecule has 1 aromatic rings. The molecule has 6 nitrogen and oxygen atoms in total. The highest BCUT2D eigenvalue weighted by Crippen LogP contribution is 2.44. The van der Waals surface area contributed by atoms with Crippen LogP contribution in [0.15, 0.2) is 30.3 Å². The van der Waals surface area contributed by atoms with E-state index in [1.165, 1.54) is 7.11 Å². The third-order valence-electron chi connectivity index (χ3n) is 5.08. The predicted molar refractivity (Wildman–Crippen MR) is 88.0 cm³/mol. The van der Waals surface area contributed by atoms with Gasteiger partial charge in [0.15, 0.2) is 5.60 Å². The van der Waals surface area contributed by atoms with Crippen molar-refractivity contribution in [2.45, 2.75) is 45.2 Å². The molecule has 0 radical (unpaired) electrons. The van der Waals surface area contributed by atoms with E-state index in [1.807, 2.05) is 30.3 Å². The minimum absolute atomic E-state index is 0.00463. The summed E-state index contributed by atoms with van der Waals surface area (Å²) in [6.07, 6.45) is -0.807. The first-order chi connectivity index (χ1) is 11.4. The van der Waals surface area contributed by atoms with Gasteiger partial charge in [0.05, 0.1) is 6.04 Å². The Bertz CT molecular complexity index is 633. The molecular weight excluding hydrogens is 308 g/mol. The third-order valence-corrected chi connectivity index (χ3v) is 5.08. The molecule has 2 saturated heterocycles. The van der Waals surface area contributed by atoms with Crippen LogP contribution in [-0.2, 0) is 20.9 Å². The number of rotatable bonds is 4. The molecule has 0 bridgehead atoms. The van der Waals surface area contributed by atoms with Crippen molar-refractivity contribution in [2.24, 2.45) is 5.92 Å². The SMILES string of the molecule is CO[C@@]1(C)C(=O)N2[C@@H](C(C)C)CN(C(=O)OCc3ccccc3)[C@@H]21. The summed E-state index contributed by atoms with van der Waals surface area (Å²) in [6, 6.07) is 9.54. The molecule has 2 fully saturated rings. The van der Waals surface area contributed by atoms with Crippen LogP contribution in [0, 0.1) is 5.92 Å². The second kappa shape index (κ2) is 6.09. The van der Waals surface area contributed by atoms with Gasteiger partial charge in [-0.3, -0.25) is 9.69 Å². The van der Waals surface area contributed by atoms with Crippen LogP contribution in [0.1, 0.15) is 26.3 Å². The Morgan fingerprint density at radius 2 is 2.00 bits per heavy atom. The van der Waals surface area contributed by atoms with Gasteiger partial charge in [-0.05, 0) is 18.4 Å². The molecule has 2 amide bonds. The molecule has 130 valence electrons. The number of carbonyl (C=O) groups excluding carboxylic acids is 2. The van der Waals surface area contributed by atoms with Crippen LogP contribution in [0.3, 0.4) is 0 Å². The van der Waals surface area contributed by atoms with E-state index >= 15 is 0 Å². The van der Waals surface area contributed by atoms with E-state index in [2.05, 4.69) is 13.8 Å². The summed E-state index contributed by atoms with van der Waals surface area (Å²) in [4.78, 5) is 28.5. The molecule has 24 heavy (non-hydrogen) atoms. The first-order valence-corrected chi connectivity index (χ1v) is 8.25. The number of nitrogens with zero attached hydrogens (tertiary/aromatic N) is 2. The van der Waals surface area contributed by atoms with E-state index in [9.17, 15) is 9.59 Å². The number of β-lactam (4-membered cyclic amide) rings is 1. The molecule has 2 aliphatic rings. The maximum Gasteiger partial charge on any atom is 0.411 e. The summed E-state index contributed by atoms with van der Waals surface area (Å²) < 4.78 is 10.9. The van der Waals surface area contributed by atoms with Crippen molar-refractivity contribution in [1.82, 2.24) is 9.80 Å². The molecule has 1 aromatic carbocycles. The molecule has 3 atom stereocenters. The van der Waals surface area contributed by atoms with Crippen molar-refractivity contribution >= 4 is 12.0 Å². The van der Waals surface area contributed by atoms with Crippen LogP contribution < -0.4 is 0 Å². The Morgan fingerprint density at radius 1 is 1.33 bits per heavy atom. The highest BCUT2D eigenvalue weighted by Gasteiger charge is 2.67. The van der Waals surface area contributed by atoms with Gasteiger partial charge in [0, 0.05) is 13.7 Å². The minimum Gasteiger partial charge on any atom is -0.444 e. The molecule has 0 saturated carbocycles. The summed E-state index contributed by atoms with van der Waals surface area (Å²) in [7, 11) is 1.51. The van der Waals surface area contributed by atoms with Crippen LogP contribution >= 0.6 is 0 Å². The highest BCUT2D eigenvalue weighted by atomic mass is 16.6. The van der Waals surface area contributed by atoms with Gasteiger partial charge in [0.1, 0.15) is 12.8 Å². The molecule has 0 aromatic heterocycles. The van der Waals surface area contributed by atoms with Gasteiger partial charge in [0.2, 0.25) is 0 Å². The van der Waals surface area contributed by atoms with Crippen LogP contribution in [0.25, 0.3) is 0 Å². The van der Waals surface area contributed by atoms with E-state index in [0.717, 1.165) is 5.56 Å². The summed E-state index contributed by atoms with van der Waals surface area (Å²) >= 11 is 0. The van der Waals surface area contributed by atoms with E-state index < -0.39 is 17.9 Å². The van der Waals surface area contributed by atoms with E-state index in [1.54, 1.807) is 16.7 Å². The summed E-state index contributed by atoms with van der Waals surface area (Å²) in [5.74, 6) is 0.192. The monoisotopic (exact) mass is 332 g/mol. The number of hydrogen-bond donors (Lipinski definition) is 0. The first kappa shape index (κ1) is 16.8. The van der Waals surface area contributed by atoms with Gasteiger partial charge in [-0.15, -0.1) is 0 Å². The number of ether oxygens (including phenoxy) is 2. The second-order valence-corrected chi connectivity index (χ2v) is 6.90. The molecule has 3 rings (SSSR count). The smallest absolute Gasteiger partial charge is 0.411 e. The molecular formula is C18H24N2O4. The third kappa shape index (κ3) is 2.45. The fourth-order valence-corrected chi connectivity index (χ4v) is 3.55. The highest BCUT2D eigenvalue weighted by molar-refractivity contribution is 5.94. The van der Waals surface area contributed by atoms with Crippen molar-refractivity contribution in [2.75, 3.05) is 13.7 Å². The lowest BCUT2D eigenvalue weighted by atomic mass is 9.88. The Hall–Kier alpha value is -2.08. The lowest BCUT2D eigenvalue weighted by Crippen LogP contribution is -2.76. The van der Waals surface area contributed by atoms with Crippen molar-refractivity contribution < 1.29 is 19.1 Å². The lowest BCUT2D eigenvalue weighted by molar-refractivity contribution is -0.204. The first-order valence-electron chi connectivity index (χ1n) is 8.25. The van der Waals surface area contributed by atoms with Gasteiger partial charge < -0.3 is 14.4 Å². The Labute approximate surface area is 142 Å². The summed E-state index contributed by atoms with van der Waals surface area (Å²) in [5, 5.41) is 0. The second-order valence-electron chi connectivity index (χ2n) is 6.90. The number of fused-ring (bicyclic) bond motifs is 1. The maximum absolute atomic E-state index is 12.6. The zero-order chi connectivity index (χ0) is 17.5. The van der Waals surface area contributed by atoms with Crippen LogP contribution in [0.4, 0.5) is 4.79 Å². The van der Waals surface area contributed by atoms with E-state index in [0.29, 0.717) is 6.54 Å². The van der Waals surface area contributed by atoms with Gasteiger partial charge in [-0.25, -0.2) is 4.79 Å². The average molecular weight is 332 g/mol. The van der Waals surface area contributed by atoms with Gasteiger partial charge in [0.25, 0.3) is 5.91 Å². The van der Waals surface area contributed by atoms with Crippen molar-refractivity contribution in [1.29, 1.82) is 0 Å². The van der Waals surface area contributed by atoms with E-state index in [4.69, 9.17) is 9.47 Å². The Kier molecular flexibility index (Phi) is 4.25. The molecule has 0 N–H and O–H groups in total. The van der Waals surface area contributed by atoms with Crippen molar-refractivity contribution in [3.63, 3.8) is 0 Å². The van der Waals surface area contributed by atoms with Crippen molar-refractivity contribution in [3.05, 3.63) is 35.9 Å². The average Bonchev–Trinajstić information content (AvgIpc) is 2.98.